The van der Waals surface area contributed by atoms with Crippen molar-refractivity contribution in [1.29, 1.82) is 0 Å². The fourth-order valence-corrected chi connectivity index (χ4v) is 5.09. The molecular weight excluding hydrogens is 459 g/mol. The lowest BCUT2D eigenvalue weighted by Gasteiger charge is -2.26. The van der Waals surface area contributed by atoms with Gasteiger partial charge in [0.05, 0.1) is 22.8 Å². The summed E-state index contributed by atoms with van der Waals surface area (Å²) in [4.78, 5) is 4.86. The minimum Gasteiger partial charge on any atom is -0.338 e. The fourth-order valence-electron chi connectivity index (χ4n) is 3.42. The van der Waals surface area contributed by atoms with E-state index in [0.29, 0.717) is 17.8 Å². The molecule has 0 atom stereocenters. The first-order chi connectivity index (χ1) is 14.9. The monoisotopic (exact) mass is 479 g/mol. The van der Waals surface area contributed by atoms with Crippen LogP contribution in [-0.2, 0) is 22.6 Å². The maximum Gasteiger partial charge on any atom is 0.433 e. The van der Waals surface area contributed by atoms with Crippen LogP contribution in [0.1, 0.15) is 22.4 Å². The molecule has 0 saturated carbocycles. The molecule has 1 aromatic heterocycles. The number of alkyl halides is 3. The Balaban J connectivity index is 1.78. The number of nitrogens with zero attached hydrogens (tertiary/aromatic N) is 2. The topological polar surface area (TPSA) is 62.3 Å². The lowest BCUT2D eigenvalue weighted by Crippen LogP contribution is -2.15. The number of rotatable bonds is 3. The van der Waals surface area contributed by atoms with Crippen molar-refractivity contribution in [3.8, 4) is 0 Å². The number of hydrogen-bond acceptors (Lipinski definition) is 6. The standard InChI is InChI=1S/C22H20F3N3O2S2/c1-13-4-10-18-20(14(13)2)28(31-16-6-8-17(9-7-16)32(3,29)30)12-15-5-11-19(22(23,24)25)27-21(15)26-18/h4-11H,12H2,1-3H3,(H,26,27). The van der Waals surface area contributed by atoms with Crippen LogP contribution in [0.15, 0.2) is 58.3 Å². The zero-order chi connectivity index (χ0) is 23.3. The van der Waals surface area contributed by atoms with Crippen molar-refractivity contribution in [2.45, 2.75) is 36.4 Å². The number of nitrogens with one attached hydrogen (secondary N) is 1. The van der Waals surface area contributed by atoms with Crippen molar-refractivity contribution < 1.29 is 21.6 Å². The molecule has 32 heavy (non-hydrogen) atoms. The van der Waals surface area contributed by atoms with Gasteiger partial charge in [0, 0.05) is 16.7 Å². The maximum absolute atomic E-state index is 13.2. The van der Waals surface area contributed by atoms with Crippen molar-refractivity contribution in [2.24, 2.45) is 0 Å². The van der Waals surface area contributed by atoms with Crippen molar-refractivity contribution in [2.75, 3.05) is 15.9 Å². The smallest absolute Gasteiger partial charge is 0.338 e. The summed E-state index contributed by atoms with van der Waals surface area (Å²) < 4.78 is 65.1. The van der Waals surface area contributed by atoms with Crippen molar-refractivity contribution >= 4 is 39.0 Å². The molecule has 3 aromatic rings. The number of aromatic nitrogens is 1. The maximum atomic E-state index is 13.2. The highest BCUT2D eigenvalue weighted by Crippen LogP contribution is 2.44. The summed E-state index contributed by atoms with van der Waals surface area (Å²) in [6, 6.07) is 12.7. The number of halogens is 3. The molecule has 0 saturated heterocycles. The zero-order valence-electron chi connectivity index (χ0n) is 17.5. The molecule has 0 bridgehead atoms. The molecule has 0 amide bonds. The van der Waals surface area contributed by atoms with E-state index in [0.717, 1.165) is 34.0 Å². The molecule has 5 nitrogen and oxygen atoms in total. The summed E-state index contributed by atoms with van der Waals surface area (Å²) in [5.41, 5.74) is 3.18. The van der Waals surface area contributed by atoms with Crippen LogP contribution in [0, 0.1) is 13.8 Å². The second-order valence-corrected chi connectivity index (χ2v) is 10.7. The van der Waals surface area contributed by atoms with Gasteiger partial charge in [0.1, 0.15) is 11.5 Å². The van der Waals surface area contributed by atoms with Gasteiger partial charge in [0.2, 0.25) is 0 Å². The number of aryl methyl sites for hydroxylation is 1. The third-order valence-electron chi connectivity index (χ3n) is 5.25. The summed E-state index contributed by atoms with van der Waals surface area (Å²) in [5, 5.41) is 3.08. The van der Waals surface area contributed by atoms with Gasteiger partial charge in [-0.3, -0.25) is 0 Å². The first kappa shape index (κ1) is 22.5. The molecule has 168 valence electrons. The Morgan fingerprint density at radius 2 is 1.72 bits per heavy atom. The van der Waals surface area contributed by atoms with Gasteiger partial charge in [-0.2, -0.15) is 13.2 Å². The molecular formula is C22H20F3N3O2S2. The Bertz CT molecular complexity index is 1290. The number of sulfone groups is 1. The minimum absolute atomic E-state index is 0.167. The van der Waals surface area contributed by atoms with Gasteiger partial charge in [-0.1, -0.05) is 12.1 Å². The largest absolute Gasteiger partial charge is 0.433 e. The van der Waals surface area contributed by atoms with Gasteiger partial charge in [-0.25, -0.2) is 13.4 Å². The van der Waals surface area contributed by atoms with Crippen LogP contribution in [0.2, 0.25) is 0 Å². The van der Waals surface area contributed by atoms with Crippen LogP contribution >= 0.6 is 11.9 Å². The predicted molar refractivity (Wildman–Crippen MR) is 120 cm³/mol. The van der Waals surface area contributed by atoms with Crippen molar-refractivity contribution in [3.63, 3.8) is 0 Å². The average molecular weight is 480 g/mol. The number of fused-ring (bicyclic) bond motifs is 2. The van der Waals surface area contributed by atoms with Gasteiger partial charge < -0.3 is 9.62 Å². The molecule has 0 aliphatic carbocycles. The molecule has 10 heteroatoms. The van der Waals surface area contributed by atoms with E-state index in [9.17, 15) is 21.6 Å². The summed E-state index contributed by atoms with van der Waals surface area (Å²) in [5.74, 6) is 0.167. The van der Waals surface area contributed by atoms with Gasteiger partial charge in [-0.15, -0.1) is 0 Å². The number of benzene rings is 2. The molecule has 1 aliphatic rings. The van der Waals surface area contributed by atoms with Crippen LogP contribution in [0.25, 0.3) is 0 Å². The first-order valence-corrected chi connectivity index (χ1v) is 12.3. The molecule has 2 aromatic carbocycles. The average Bonchev–Trinajstić information content (AvgIpc) is 2.86. The highest BCUT2D eigenvalue weighted by molar-refractivity contribution is 8.00. The predicted octanol–water partition coefficient (Wildman–Crippen LogP) is 5.89. The third kappa shape index (κ3) is 4.42. The summed E-state index contributed by atoms with van der Waals surface area (Å²) in [7, 11) is -3.31. The molecule has 0 spiro atoms. The fraction of sp³-hybridized carbons (Fsp3) is 0.227. The van der Waals surface area contributed by atoms with E-state index < -0.39 is 21.7 Å². The second kappa shape index (κ2) is 8.00. The lowest BCUT2D eigenvalue weighted by atomic mass is 10.1. The summed E-state index contributed by atoms with van der Waals surface area (Å²) in [6.45, 7) is 4.24. The molecule has 1 aliphatic heterocycles. The van der Waals surface area contributed by atoms with Crippen LogP contribution in [0.5, 0.6) is 0 Å². The molecule has 1 N–H and O–H groups in total. The van der Waals surface area contributed by atoms with E-state index in [1.165, 1.54) is 18.0 Å². The van der Waals surface area contributed by atoms with E-state index in [4.69, 9.17) is 0 Å². The van der Waals surface area contributed by atoms with Gasteiger partial charge in [0.15, 0.2) is 9.84 Å². The lowest BCUT2D eigenvalue weighted by molar-refractivity contribution is -0.141. The summed E-state index contributed by atoms with van der Waals surface area (Å²) >= 11 is 1.38. The quantitative estimate of drug-likeness (QED) is 0.473. The zero-order valence-corrected chi connectivity index (χ0v) is 19.1. The highest BCUT2D eigenvalue weighted by atomic mass is 32.2. The van der Waals surface area contributed by atoms with E-state index >= 15 is 0 Å². The van der Waals surface area contributed by atoms with E-state index in [-0.39, 0.29) is 10.7 Å². The molecule has 4 rings (SSSR count). The molecule has 0 fully saturated rings. The van der Waals surface area contributed by atoms with Crippen molar-refractivity contribution in [1.82, 2.24) is 4.98 Å². The Kier molecular flexibility index (Phi) is 5.62. The van der Waals surface area contributed by atoms with E-state index in [1.54, 1.807) is 24.3 Å². The minimum atomic E-state index is -4.54. The van der Waals surface area contributed by atoms with E-state index in [2.05, 4.69) is 10.3 Å². The SMILES string of the molecule is Cc1ccc2c(c1C)N(Sc1ccc(S(C)(=O)=O)cc1)Cc1ccc(C(F)(F)F)nc1N2. The molecule has 2 heterocycles. The number of anilines is 3. The number of pyridine rings is 1. The molecule has 0 radical (unpaired) electrons. The summed E-state index contributed by atoms with van der Waals surface area (Å²) in [6.07, 6.45) is -3.39. The van der Waals surface area contributed by atoms with Crippen LogP contribution in [0.4, 0.5) is 30.4 Å². The van der Waals surface area contributed by atoms with Gasteiger partial charge in [0.25, 0.3) is 0 Å². The third-order valence-corrected chi connectivity index (χ3v) is 7.40. The Morgan fingerprint density at radius 3 is 2.34 bits per heavy atom. The Hall–Kier alpha value is -2.72. The van der Waals surface area contributed by atoms with Crippen LogP contribution in [-0.4, -0.2) is 19.7 Å². The normalized spacial score (nSPS) is 13.8. The van der Waals surface area contributed by atoms with Gasteiger partial charge >= 0.3 is 6.18 Å². The Labute approximate surface area is 188 Å². The van der Waals surface area contributed by atoms with E-state index in [1.807, 2.05) is 30.3 Å². The first-order valence-electron chi connectivity index (χ1n) is 9.63. The van der Waals surface area contributed by atoms with Crippen LogP contribution < -0.4 is 9.62 Å². The Morgan fingerprint density at radius 1 is 1.03 bits per heavy atom. The van der Waals surface area contributed by atoms with Crippen molar-refractivity contribution in [3.05, 3.63) is 70.9 Å². The van der Waals surface area contributed by atoms with Gasteiger partial charge in [-0.05, 0) is 73.3 Å². The second-order valence-electron chi connectivity index (χ2n) is 7.60. The van der Waals surface area contributed by atoms with Crippen LogP contribution in [0.3, 0.4) is 0 Å². The highest BCUT2D eigenvalue weighted by Gasteiger charge is 2.34. The number of hydrogen-bond donors (Lipinski definition) is 1. The molecule has 0 unspecified atom stereocenters.